The average molecular weight is 495 g/mol. The molecule has 0 saturated carbocycles. The fourth-order valence-electron chi connectivity index (χ4n) is 3.26. The number of aliphatic imine (C=N–C) groups is 1. The van der Waals surface area contributed by atoms with E-state index in [0.29, 0.717) is 6.54 Å². The van der Waals surface area contributed by atoms with E-state index in [4.69, 9.17) is 14.5 Å². The monoisotopic (exact) mass is 495 g/mol. The number of rotatable bonds is 8. The Morgan fingerprint density at radius 1 is 1.14 bits per heavy atom. The zero-order chi connectivity index (χ0) is 18.9. The highest BCUT2D eigenvalue weighted by Crippen LogP contribution is 2.25. The molecule has 2 N–H and O–H groups in total. The summed E-state index contributed by atoms with van der Waals surface area (Å²) in [7, 11) is 1.71. The molecule has 0 bridgehead atoms. The third-order valence-electron chi connectivity index (χ3n) is 4.65. The molecule has 152 valence electrons. The summed E-state index contributed by atoms with van der Waals surface area (Å²) < 4.78 is 11.0. The maximum Gasteiger partial charge on any atom is 0.191 e. The van der Waals surface area contributed by atoms with Crippen molar-refractivity contribution in [2.24, 2.45) is 4.99 Å². The fourth-order valence-corrected chi connectivity index (χ4v) is 3.26. The highest BCUT2D eigenvalue weighted by atomic mass is 127. The number of benzene rings is 2. The van der Waals surface area contributed by atoms with Crippen LogP contribution in [0.4, 0.5) is 0 Å². The van der Waals surface area contributed by atoms with Gasteiger partial charge in [-0.15, -0.1) is 24.0 Å². The number of para-hydroxylation sites is 1. The summed E-state index contributed by atoms with van der Waals surface area (Å²) in [6, 6.07) is 14.6. The van der Waals surface area contributed by atoms with Crippen LogP contribution in [0.5, 0.6) is 11.5 Å². The average Bonchev–Trinajstić information content (AvgIpc) is 3.16. The Balaban J connectivity index is 0.00000280. The minimum absolute atomic E-state index is 0. The minimum Gasteiger partial charge on any atom is -0.496 e. The molecule has 1 aliphatic heterocycles. The molecule has 28 heavy (non-hydrogen) atoms. The van der Waals surface area contributed by atoms with E-state index in [2.05, 4.69) is 41.8 Å². The van der Waals surface area contributed by atoms with Crippen molar-refractivity contribution >= 4 is 29.9 Å². The number of ether oxygens (including phenoxy) is 2. The van der Waals surface area contributed by atoms with E-state index < -0.39 is 0 Å². The summed E-state index contributed by atoms with van der Waals surface area (Å²) in [5, 5.41) is 6.74. The van der Waals surface area contributed by atoms with E-state index in [1.165, 1.54) is 16.7 Å². The van der Waals surface area contributed by atoms with Crippen LogP contribution in [0.15, 0.2) is 47.5 Å². The zero-order valence-electron chi connectivity index (χ0n) is 16.7. The molecule has 1 heterocycles. The minimum atomic E-state index is 0. The Labute approximate surface area is 184 Å². The van der Waals surface area contributed by atoms with E-state index in [-0.39, 0.29) is 24.0 Å². The maximum atomic E-state index is 5.57. The highest BCUT2D eigenvalue weighted by molar-refractivity contribution is 14.0. The number of halogens is 1. The van der Waals surface area contributed by atoms with Gasteiger partial charge in [0.25, 0.3) is 0 Å². The summed E-state index contributed by atoms with van der Waals surface area (Å²) in [5.74, 6) is 2.82. The summed E-state index contributed by atoms with van der Waals surface area (Å²) >= 11 is 0. The van der Waals surface area contributed by atoms with Crippen LogP contribution in [0, 0.1) is 0 Å². The van der Waals surface area contributed by atoms with Crippen molar-refractivity contribution in [3.05, 3.63) is 59.2 Å². The lowest BCUT2D eigenvalue weighted by Gasteiger charge is -2.12. The van der Waals surface area contributed by atoms with Crippen molar-refractivity contribution in [3.8, 4) is 11.5 Å². The lowest BCUT2D eigenvalue weighted by Crippen LogP contribution is -2.38. The number of guanidine groups is 1. The second kappa shape index (κ2) is 11.8. The largest absolute Gasteiger partial charge is 0.496 e. The van der Waals surface area contributed by atoms with Gasteiger partial charge in [-0.3, -0.25) is 4.99 Å². The number of fused-ring (bicyclic) bond motifs is 1. The van der Waals surface area contributed by atoms with Crippen LogP contribution in [-0.2, 0) is 19.3 Å². The molecular weight excluding hydrogens is 465 g/mol. The first kappa shape index (κ1) is 22.3. The van der Waals surface area contributed by atoms with Gasteiger partial charge >= 0.3 is 0 Å². The van der Waals surface area contributed by atoms with Gasteiger partial charge in [0.2, 0.25) is 0 Å². The molecule has 0 aromatic heterocycles. The molecule has 0 saturated heterocycles. The molecule has 0 fully saturated rings. The number of nitrogens with zero attached hydrogens (tertiary/aromatic N) is 1. The molecule has 0 amide bonds. The van der Waals surface area contributed by atoms with Gasteiger partial charge in [-0.2, -0.15) is 0 Å². The van der Waals surface area contributed by atoms with Gasteiger partial charge in [0.05, 0.1) is 13.7 Å². The molecule has 5 nitrogen and oxygen atoms in total. The topological polar surface area (TPSA) is 54.9 Å². The third-order valence-corrected chi connectivity index (χ3v) is 4.65. The number of hydrogen-bond donors (Lipinski definition) is 2. The lowest BCUT2D eigenvalue weighted by atomic mass is 10.1. The van der Waals surface area contributed by atoms with Crippen molar-refractivity contribution in [2.45, 2.75) is 26.2 Å². The Morgan fingerprint density at radius 3 is 2.82 bits per heavy atom. The number of hydrogen-bond acceptors (Lipinski definition) is 3. The molecule has 2 aromatic rings. The van der Waals surface area contributed by atoms with Crippen molar-refractivity contribution in [3.63, 3.8) is 0 Å². The fraction of sp³-hybridized carbons (Fsp3) is 0.409. The van der Waals surface area contributed by atoms with Gasteiger partial charge in [-0.1, -0.05) is 30.3 Å². The smallest absolute Gasteiger partial charge is 0.191 e. The molecular formula is C22H30IN3O2. The van der Waals surface area contributed by atoms with E-state index >= 15 is 0 Å². The van der Waals surface area contributed by atoms with Crippen molar-refractivity contribution < 1.29 is 9.47 Å². The van der Waals surface area contributed by atoms with Crippen LogP contribution in [0.25, 0.3) is 0 Å². The molecule has 0 unspecified atom stereocenters. The van der Waals surface area contributed by atoms with Gasteiger partial charge in [0, 0.05) is 26.1 Å². The summed E-state index contributed by atoms with van der Waals surface area (Å²) in [6.07, 6.45) is 2.83. The molecule has 6 heteroatoms. The predicted octanol–water partition coefficient (Wildman–Crippen LogP) is 3.59. The predicted molar refractivity (Wildman–Crippen MR) is 125 cm³/mol. The molecule has 1 aliphatic rings. The highest BCUT2D eigenvalue weighted by Gasteiger charge is 2.11. The molecule has 0 aliphatic carbocycles. The Bertz CT molecular complexity index is 780. The van der Waals surface area contributed by atoms with Gasteiger partial charge in [-0.25, -0.2) is 0 Å². The summed E-state index contributed by atoms with van der Waals surface area (Å²) in [6.45, 7) is 5.29. The lowest BCUT2D eigenvalue weighted by molar-refractivity contribution is 0.357. The first-order valence-corrected chi connectivity index (χ1v) is 9.69. The molecule has 0 spiro atoms. The van der Waals surface area contributed by atoms with E-state index in [1.807, 2.05) is 18.2 Å². The molecule has 3 rings (SSSR count). The van der Waals surface area contributed by atoms with Gasteiger partial charge < -0.3 is 20.1 Å². The van der Waals surface area contributed by atoms with E-state index in [0.717, 1.165) is 56.4 Å². The van der Waals surface area contributed by atoms with Gasteiger partial charge in [0.1, 0.15) is 11.5 Å². The summed E-state index contributed by atoms with van der Waals surface area (Å²) in [5.41, 5.74) is 3.83. The number of methoxy groups -OCH3 is 1. The Kier molecular flexibility index (Phi) is 9.40. The SMILES string of the molecule is CCNC(=NCCc1ccccc1OC)NCCc1ccc2c(c1)CCO2.I. The first-order chi connectivity index (χ1) is 13.3. The number of nitrogens with one attached hydrogen (secondary N) is 2. The zero-order valence-corrected chi connectivity index (χ0v) is 19.0. The molecule has 0 atom stereocenters. The quantitative estimate of drug-likeness (QED) is 0.334. The molecule has 0 radical (unpaired) electrons. The second-order valence-electron chi connectivity index (χ2n) is 6.54. The third kappa shape index (κ3) is 6.29. The summed E-state index contributed by atoms with van der Waals surface area (Å²) in [4.78, 5) is 4.69. The van der Waals surface area contributed by atoms with Gasteiger partial charge in [0.15, 0.2) is 5.96 Å². The van der Waals surface area contributed by atoms with Crippen LogP contribution in [0.3, 0.4) is 0 Å². The Hall–Kier alpha value is -1.96. The van der Waals surface area contributed by atoms with Crippen LogP contribution in [0.2, 0.25) is 0 Å². The van der Waals surface area contributed by atoms with Crippen molar-refractivity contribution in [1.82, 2.24) is 10.6 Å². The van der Waals surface area contributed by atoms with Crippen molar-refractivity contribution in [1.29, 1.82) is 0 Å². The maximum absolute atomic E-state index is 5.57. The Morgan fingerprint density at radius 2 is 2.00 bits per heavy atom. The van der Waals surface area contributed by atoms with Crippen LogP contribution in [-0.4, -0.2) is 39.3 Å². The van der Waals surface area contributed by atoms with E-state index in [1.54, 1.807) is 7.11 Å². The second-order valence-corrected chi connectivity index (χ2v) is 6.54. The van der Waals surface area contributed by atoms with Crippen LogP contribution in [0.1, 0.15) is 23.6 Å². The van der Waals surface area contributed by atoms with E-state index in [9.17, 15) is 0 Å². The first-order valence-electron chi connectivity index (χ1n) is 9.69. The van der Waals surface area contributed by atoms with Gasteiger partial charge in [-0.05, 0) is 48.6 Å². The van der Waals surface area contributed by atoms with Crippen LogP contribution >= 0.6 is 24.0 Å². The normalized spacial score (nSPS) is 12.6. The molecule has 2 aromatic carbocycles. The standard InChI is InChI=1S/C22H29N3O2.HI/c1-3-23-22(25-14-11-18-6-4-5-7-20(18)26-2)24-13-10-17-8-9-21-19(16-17)12-15-27-21;/h4-9,16H,3,10-15H2,1-2H3,(H2,23,24,25);1H. The van der Waals surface area contributed by atoms with Crippen LogP contribution < -0.4 is 20.1 Å². The van der Waals surface area contributed by atoms with Crippen molar-refractivity contribution in [2.75, 3.05) is 33.4 Å².